The molecular formula is C12H21N3S. The first-order valence-corrected chi connectivity index (χ1v) is 6.94. The van der Waals surface area contributed by atoms with Crippen molar-refractivity contribution in [2.24, 2.45) is 5.73 Å². The standard InChI is InChI=1S/C12H21N3S/c1-9(2)15-6-4-3-5-11(15)12-14-8-10(7-13)16-12/h8-9,11H,3-7,13H2,1-2H3. The van der Waals surface area contributed by atoms with Crippen LogP contribution < -0.4 is 5.73 Å². The number of aromatic nitrogens is 1. The molecule has 1 aliphatic heterocycles. The summed E-state index contributed by atoms with van der Waals surface area (Å²) in [5, 5.41) is 1.26. The van der Waals surface area contributed by atoms with Gasteiger partial charge in [0.2, 0.25) is 0 Å². The highest BCUT2D eigenvalue weighted by Gasteiger charge is 2.27. The van der Waals surface area contributed by atoms with Gasteiger partial charge in [0.1, 0.15) is 5.01 Å². The number of hydrogen-bond donors (Lipinski definition) is 1. The Bertz CT molecular complexity index is 335. The molecule has 3 nitrogen and oxygen atoms in total. The first-order valence-electron chi connectivity index (χ1n) is 6.12. The van der Waals surface area contributed by atoms with E-state index >= 15 is 0 Å². The summed E-state index contributed by atoms with van der Waals surface area (Å²) in [4.78, 5) is 8.31. The molecule has 1 aliphatic rings. The Labute approximate surface area is 102 Å². The van der Waals surface area contributed by atoms with E-state index in [9.17, 15) is 0 Å². The summed E-state index contributed by atoms with van der Waals surface area (Å²) in [5.74, 6) is 0. The SMILES string of the molecule is CC(C)N1CCCCC1c1ncc(CN)s1. The van der Waals surface area contributed by atoms with Crippen molar-refractivity contribution in [3.63, 3.8) is 0 Å². The minimum absolute atomic E-state index is 0.527. The largest absolute Gasteiger partial charge is 0.326 e. The zero-order valence-corrected chi connectivity index (χ0v) is 11.0. The molecule has 2 N–H and O–H groups in total. The fourth-order valence-corrected chi connectivity index (χ4v) is 3.36. The number of likely N-dealkylation sites (tertiary alicyclic amines) is 1. The number of hydrogen-bond acceptors (Lipinski definition) is 4. The summed E-state index contributed by atoms with van der Waals surface area (Å²) in [6.07, 6.45) is 5.83. The first kappa shape index (κ1) is 12.0. The highest BCUT2D eigenvalue weighted by atomic mass is 32.1. The molecule has 1 saturated heterocycles. The van der Waals surface area contributed by atoms with Crippen LogP contribution in [0, 0.1) is 0 Å². The summed E-state index contributed by atoms with van der Waals surface area (Å²) in [6, 6.07) is 1.13. The summed E-state index contributed by atoms with van der Waals surface area (Å²) < 4.78 is 0. The van der Waals surface area contributed by atoms with E-state index < -0.39 is 0 Å². The summed E-state index contributed by atoms with van der Waals surface area (Å²) in [7, 11) is 0. The molecule has 0 aromatic carbocycles. The molecule has 0 amide bonds. The normalized spacial score (nSPS) is 22.9. The molecule has 2 heterocycles. The third kappa shape index (κ3) is 2.44. The second kappa shape index (κ2) is 5.25. The molecule has 0 spiro atoms. The number of rotatable bonds is 3. The lowest BCUT2D eigenvalue weighted by atomic mass is 10.0. The van der Waals surface area contributed by atoms with Crippen molar-refractivity contribution in [3.8, 4) is 0 Å². The zero-order valence-electron chi connectivity index (χ0n) is 10.1. The van der Waals surface area contributed by atoms with E-state index in [0.29, 0.717) is 18.6 Å². The van der Waals surface area contributed by atoms with Crippen molar-refractivity contribution in [1.82, 2.24) is 9.88 Å². The van der Waals surface area contributed by atoms with Gasteiger partial charge in [-0.2, -0.15) is 0 Å². The van der Waals surface area contributed by atoms with Crippen LogP contribution in [0.2, 0.25) is 0 Å². The van der Waals surface area contributed by atoms with E-state index in [2.05, 4.69) is 23.7 Å². The average molecular weight is 239 g/mol. The molecule has 16 heavy (non-hydrogen) atoms. The van der Waals surface area contributed by atoms with Crippen LogP contribution in [0.15, 0.2) is 6.20 Å². The van der Waals surface area contributed by atoms with Crippen LogP contribution >= 0.6 is 11.3 Å². The lowest BCUT2D eigenvalue weighted by Gasteiger charge is -2.37. The van der Waals surface area contributed by atoms with Crippen LogP contribution in [0.1, 0.15) is 49.0 Å². The number of nitrogens with zero attached hydrogens (tertiary/aromatic N) is 2. The van der Waals surface area contributed by atoms with Crippen LogP contribution in [-0.2, 0) is 6.54 Å². The van der Waals surface area contributed by atoms with Crippen molar-refractivity contribution in [2.45, 2.75) is 51.7 Å². The molecule has 4 heteroatoms. The maximum Gasteiger partial charge on any atom is 0.110 e. The van der Waals surface area contributed by atoms with Gasteiger partial charge in [-0.05, 0) is 33.2 Å². The van der Waals surface area contributed by atoms with Crippen molar-refractivity contribution < 1.29 is 0 Å². The summed E-state index contributed by atoms with van der Waals surface area (Å²) in [6.45, 7) is 6.37. The van der Waals surface area contributed by atoms with Gasteiger partial charge in [-0.3, -0.25) is 4.90 Å². The predicted molar refractivity (Wildman–Crippen MR) is 68.4 cm³/mol. The van der Waals surface area contributed by atoms with Crippen molar-refractivity contribution in [1.29, 1.82) is 0 Å². The number of nitrogens with two attached hydrogens (primary N) is 1. The second-order valence-electron chi connectivity index (χ2n) is 4.71. The van der Waals surface area contributed by atoms with Gasteiger partial charge in [0, 0.05) is 23.7 Å². The molecule has 0 saturated carbocycles. The fraction of sp³-hybridized carbons (Fsp3) is 0.750. The molecule has 1 aromatic rings. The monoisotopic (exact) mass is 239 g/mol. The van der Waals surface area contributed by atoms with Crippen molar-refractivity contribution >= 4 is 11.3 Å². The van der Waals surface area contributed by atoms with Gasteiger partial charge in [-0.15, -0.1) is 11.3 Å². The first-order chi connectivity index (χ1) is 7.72. The minimum atomic E-state index is 0.527. The van der Waals surface area contributed by atoms with Crippen LogP contribution in [0.5, 0.6) is 0 Å². The Kier molecular flexibility index (Phi) is 3.95. The second-order valence-corrected chi connectivity index (χ2v) is 5.86. The van der Waals surface area contributed by atoms with Gasteiger partial charge < -0.3 is 5.73 Å². The highest BCUT2D eigenvalue weighted by molar-refractivity contribution is 7.11. The Balaban J connectivity index is 2.16. The van der Waals surface area contributed by atoms with Crippen LogP contribution in [-0.4, -0.2) is 22.5 Å². The molecule has 1 fully saturated rings. The molecule has 90 valence electrons. The maximum absolute atomic E-state index is 5.64. The molecule has 1 aromatic heterocycles. The molecular weight excluding hydrogens is 218 g/mol. The Hall–Kier alpha value is -0.450. The van der Waals surface area contributed by atoms with Gasteiger partial charge in [-0.1, -0.05) is 6.42 Å². The van der Waals surface area contributed by atoms with E-state index in [4.69, 9.17) is 5.73 Å². The minimum Gasteiger partial charge on any atom is -0.326 e. The Morgan fingerprint density at radius 3 is 3.00 bits per heavy atom. The van der Waals surface area contributed by atoms with Crippen molar-refractivity contribution in [3.05, 3.63) is 16.1 Å². The fourth-order valence-electron chi connectivity index (χ4n) is 2.41. The van der Waals surface area contributed by atoms with Crippen LogP contribution in [0.4, 0.5) is 0 Å². The van der Waals surface area contributed by atoms with Crippen LogP contribution in [0.3, 0.4) is 0 Å². The Morgan fingerprint density at radius 2 is 2.38 bits per heavy atom. The molecule has 1 unspecified atom stereocenters. The average Bonchev–Trinajstić information content (AvgIpc) is 2.77. The summed E-state index contributed by atoms with van der Waals surface area (Å²) >= 11 is 1.78. The van der Waals surface area contributed by atoms with Gasteiger partial charge in [0.05, 0.1) is 6.04 Å². The topological polar surface area (TPSA) is 42.2 Å². The quantitative estimate of drug-likeness (QED) is 0.881. The molecule has 0 radical (unpaired) electrons. The third-order valence-corrected chi connectivity index (χ3v) is 4.39. The number of thiazole rings is 1. The van der Waals surface area contributed by atoms with E-state index in [1.165, 1.54) is 35.7 Å². The third-order valence-electron chi connectivity index (χ3n) is 3.27. The van der Waals surface area contributed by atoms with Crippen molar-refractivity contribution in [2.75, 3.05) is 6.54 Å². The molecule has 0 bridgehead atoms. The smallest absolute Gasteiger partial charge is 0.110 e. The van der Waals surface area contributed by atoms with E-state index in [-0.39, 0.29) is 0 Å². The van der Waals surface area contributed by atoms with Gasteiger partial charge in [0.25, 0.3) is 0 Å². The van der Waals surface area contributed by atoms with E-state index in [0.717, 1.165) is 0 Å². The summed E-state index contributed by atoms with van der Waals surface area (Å²) in [5.41, 5.74) is 5.64. The molecule has 0 aliphatic carbocycles. The molecule has 1 atom stereocenters. The zero-order chi connectivity index (χ0) is 11.5. The van der Waals surface area contributed by atoms with Gasteiger partial charge in [0.15, 0.2) is 0 Å². The lowest BCUT2D eigenvalue weighted by molar-refractivity contribution is 0.112. The van der Waals surface area contributed by atoms with Crippen LogP contribution in [0.25, 0.3) is 0 Å². The van der Waals surface area contributed by atoms with E-state index in [1.54, 1.807) is 11.3 Å². The lowest BCUT2D eigenvalue weighted by Crippen LogP contribution is -2.38. The van der Waals surface area contributed by atoms with Gasteiger partial charge >= 0.3 is 0 Å². The van der Waals surface area contributed by atoms with Gasteiger partial charge in [-0.25, -0.2) is 4.98 Å². The maximum atomic E-state index is 5.64. The van der Waals surface area contributed by atoms with E-state index in [1.807, 2.05) is 6.20 Å². The number of piperidine rings is 1. The highest BCUT2D eigenvalue weighted by Crippen LogP contribution is 2.34. The predicted octanol–water partition coefficient (Wildman–Crippen LogP) is 2.54. The molecule has 2 rings (SSSR count). The Morgan fingerprint density at radius 1 is 1.56 bits per heavy atom.